The molecular weight excluding hydrogens is 520 g/mol. The van der Waals surface area contributed by atoms with Crippen LogP contribution in [-0.2, 0) is 16.0 Å². The standard InChI is InChI=1S/C27H32N6O5S/c1-16(2)22-27-32-20(13-38-27)23(34)28-11-7-6-10-18(30-26(37)21-14-39-15-29-21)24(35)31-19(25(36)33-22)12-17-8-4-3-5-9-17/h3-5,8-9,13-16,18-19,22H,6-7,10-12H2,1-2H3,(H,28,34)(H,30,37)(H,31,35)(H,33,36)/t18-,19-,22-/m0/s1. The number of hydrogen-bond donors (Lipinski definition) is 4. The largest absolute Gasteiger partial charge is 0.446 e. The lowest BCUT2D eigenvalue weighted by Gasteiger charge is -2.26. The molecule has 11 nitrogen and oxygen atoms in total. The molecule has 0 spiro atoms. The number of nitrogens with one attached hydrogen (secondary N) is 4. The van der Waals surface area contributed by atoms with Crippen LogP contribution in [0.5, 0.6) is 0 Å². The van der Waals surface area contributed by atoms with Gasteiger partial charge in [-0.2, -0.15) is 0 Å². The molecule has 4 amide bonds. The zero-order valence-corrected chi connectivity index (χ0v) is 22.6. The highest BCUT2D eigenvalue weighted by molar-refractivity contribution is 7.07. The fourth-order valence-corrected chi connectivity index (χ4v) is 4.76. The summed E-state index contributed by atoms with van der Waals surface area (Å²) < 4.78 is 5.58. The van der Waals surface area contributed by atoms with Crippen molar-refractivity contribution in [1.82, 2.24) is 31.2 Å². The average Bonchev–Trinajstić information content (AvgIpc) is 3.63. The van der Waals surface area contributed by atoms with Crippen molar-refractivity contribution in [3.63, 3.8) is 0 Å². The summed E-state index contributed by atoms with van der Waals surface area (Å²) in [4.78, 5) is 60.8. The van der Waals surface area contributed by atoms with Crippen LogP contribution in [0.2, 0.25) is 0 Å². The van der Waals surface area contributed by atoms with Crippen molar-refractivity contribution >= 4 is 35.0 Å². The van der Waals surface area contributed by atoms with Crippen molar-refractivity contribution in [1.29, 1.82) is 0 Å². The maximum atomic E-state index is 13.6. The predicted molar refractivity (Wildman–Crippen MR) is 144 cm³/mol. The first kappa shape index (κ1) is 28.0. The number of oxazole rings is 1. The van der Waals surface area contributed by atoms with Gasteiger partial charge in [-0.25, -0.2) is 9.97 Å². The van der Waals surface area contributed by atoms with Gasteiger partial charge in [0.1, 0.15) is 30.1 Å². The summed E-state index contributed by atoms with van der Waals surface area (Å²) in [5.74, 6) is -1.70. The van der Waals surface area contributed by atoms with Crippen LogP contribution < -0.4 is 21.3 Å². The highest BCUT2D eigenvalue weighted by Gasteiger charge is 2.31. The van der Waals surface area contributed by atoms with Gasteiger partial charge in [-0.3, -0.25) is 19.2 Å². The minimum absolute atomic E-state index is 0.124. The molecule has 2 aromatic heterocycles. The summed E-state index contributed by atoms with van der Waals surface area (Å²) in [7, 11) is 0. The van der Waals surface area contributed by atoms with Crippen LogP contribution >= 0.6 is 11.3 Å². The lowest BCUT2D eigenvalue weighted by molar-refractivity contribution is -0.130. The van der Waals surface area contributed by atoms with Gasteiger partial charge in [-0.15, -0.1) is 11.3 Å². The second-order valence-corrected chi connectivity index (χ2v) is 10.4. The van der Waals surface area contributed by atoms with E-state index in [1.807, 2.05) is 44.2 Å². The van der Waals surface area contributed by atoms with Crippen LogP contribution in [-0.4, -0.2) is 52.2 Å². The first-order chi connectivity index (χ1) is 18.8. The SMILES string of the molecule is CC(C)[C@@H]1NC(=O)[C@H](Cc2ccccc2)NC(=O)[C@@H](NC(=O)c2cscn2)CCCCNC(=O)c2coc1n2. The highest BCUT2D eigenvalue weighted by atomic mass is 32.1. The molecule has 0 fully saturated rings. The van der Waals surface area contributed by atoms with Gasteiger partial charge in [0.25, 0.3) is 11.8 Å². The van der Waals surface area contributed by atoms with E-state index in [9.17, 15) is 19.2 Å². The van der Waals surface area contributed by atoms with E-state index < -0.39 is 35.8 Å². The molecule has 3 heterocycles. The minimum atomic E-state index is -0.939. The summed E-state index contributed by atoms with van der Waals surface area (Å²) in [6, 6.07) is 6.86. The van der Waals surface area contributed by atoms with Gasteiger partial charge in [0.2, 0.25) is 17.7 Å². The van der Waals surface area contributed by atoms with E-state index in [1.165, 1.54) is 17.6 Å². The van der Waals surface area contributed by atoms with Crippen molar-refractivity contribution < 1.29 is 23.6 Å². The maximum absolute atomic E-state index is 13.6. The number of amides is 4. The van der Waals surface area contributed by atoms with Gasteiger partial charge in [-0.1, -0.05) is 44.2 Å². The van der Waals surface area contributed by atoms with Gasteiger partial charge in [-0.05, 0) is 30.7 Å². The zero-order valence-electron chi connectivity index (χ0n) is 21.8. The molecule has 1 aliphatic rings. The molecule has 206 valence electrons. The van der Waals surface area contributed by atoms with Crippen LogP contribution in [0.4, 0.5) is 0 Å². The quantitative estimate of drug-likeness (QED) is 0.379. The first-order valence-corrected chi connectivity index (χ1v) is 13.8. The van der Waals surface area contributed by atoms with Crippen LogP contribution in [0.25, 0.3) is 0 Å². The van der Waals surface area contributed by atoms with Crippen molar-refractivity contribution in [3.05, 3.63) is 70.3 Å². The molecular formula is C27H32N6O5S. The van der Waals surface area contributed by atoms with Gasteiger partial charge < -0.3 is 25.7 Å². The van der Waals surface area contributed by atoms with E-state index in [-0.39, 0.29) is 35.5 Å². The lowest BCUT2D eigenvalue weighted by Crippen LogP contribution is -2.55. The third-order valence-electron chi connectivity index (χ3n) is 6.39. The molecule has 2 bridgehead atoms. The van der Waals surface area contributed by atoms with E-state index in [4.69, 9.17) is 4.42 Å². The fraction of sp³-hybridized carbons (Fsp3) is 0.407. The van der Waals surface area contributed by atoms with Crippen molar-refractivity contribution in [2.24, 2.45) is 5.92 Å². The first-order valence-electron chi connectivity index (χ1n) is 12.9. The molecule has 39 heavy (non-hydrogen) atoms. The Bertz CT molecular complexity index is 1280. The molecule has 3 atom stereocenters. The van der Waals surface area contributed by atoms with Crippen LogP contribution in [0.15, 0.2) is 51.9 Å². The Balaban J connectivity index is 1.62. The Morgan fingerprint density at radius 2 is 1.92 bits per heavy atom. The predicted octanol–water partition coefficient (Wildman–Crippen LogP) is 2.38. The molecule has 4 rings (SSSR count). The van der Waals surface area contributed by atoms with E-state index in [0.29, 0.717) is 25.8 Å². The fourth-order valence-electron chi connectivity index (χ4n) is 4.23. The number of aromatic nitrogens is 2. The van der Waals surface area contributed by atoms with Crippen LogP contribution in [0, 0.1) is 5.92 Å². The number of rotatable bonds is 5. The summed E-state index contributed by atoms with van der Waals surface area (Å²) in [6.45, 7) is 4.14. The van der Waals surface area contributed by atoms with Crippen LogP contribution in [0.3, 0.4) is 0 Å². The van der Waals surface area contributed by atoms with E-state index in [0.717, 1.165) is 5.56 Å². The summed E-state index contributed by atoms with van der Waals surface area (Å²) in [5.41, 5.74) is 2.74. The smallest absolute Gasteiger partial charge is 0.273 e. The molecule has 12 heteroatoms. The van der Waals surface area contributed by atoms with Crippen LogP contribution in [0.1, 0.15) is 71.6 Å². The molecule has 3 aromatic rings. The number of hydrogen-bond acceptors (Lipinski definition) is 8. The molecule has 0 saturated carbocycles. The Hall–Kier alpha value is -4.06. The molecule has 0 saturated heterocycles. The monoisotopic (exact) mass is 552 g/mol. The molecule has 0 unspecified atom stereocenters. The minimum Gasteiger partial charge on any atom is -0.446 e. The zero-order chi connectivity index (χ0) is 27.8. The van der Waals surface area contributed by atoms with E-state index in [2.05, 4.69) is 31.2 Å². The third kappa shape index (κ3) is 7.50. The Kier molecular flexibility index (Phi) is 9.42. The third-order valence-corrected chi connectivity index (χ3v) is 6.98. The van der Waals surface area contributed by atoms with E-state index in [1.54, 1.807) is 10.9 Å². The molecule has 0 radical (unpaired) electrons. The Morgan fingerprint density at radius 3 is 2.64 bits per heavy atom. The van der Waals surface area contributed by atoms with Crippen molar-refractivity contribution in [3.8, 4) is 0 Å². The molecule has 4 N–H and O–H groups in total. The summed E-state index contributed by atoms with van der Waals surface area (Å²) in [6.07, 6.45) is 2.91. The summed E-state index contributed by atoms with van der Waals surface area (Å²) in [5, 5.41) is 12.9. The topological polar surface area (TPSA) is 155 Å². The molecule has 1 aliphatic heterocycles. The number of nitrogens with zero attached hydrogens (tertiary/aromatic N) is 2. The number of thiazole rings is 1. The second-order valence-electron chi connectivity index (χ2n) is 9.70. The Labute approximate surface area is 230 Å². The van der Waals surface area contributed by atoms with Gasteiger partial charge in [0.15, 0.2) is 5.69 Å². The normalized spacial score (nSPS) is 21.1. The van der Waals surface area contributed by atoms with Gasteiger partial charge >= 0.3 is 0 Å². The average molecular weight is 553 g/mol. The van der Waals surface area contributed by atoms with Gasteiger partial charge in [0, 0.05) is 18.3 Å². The van der Waals surface area contributed by atoms with Crippen molar-refractivity contribution in [2.75, 3.05) is 6.54 Å². The molecule has 1 aromatic carbocycles. The number of carbonyl (C=O) groups excluding carboxylic acids is 4. The summed E-state index contributed by atoms with van der Waals surface area (Å²) >= 11 is 1.28. The van der Waals surface area contributed by atoms with Crippen molar-refractivity contribution in [2.45, 2.75) is 57.7 Å². The maximum Gasteiger partial charge on any atom is 0.273 e. The highest BCUT2D eigenvalue weighted by Crippen LogP contribution is 2.22. The number of benzene rings is 1. The number of carbonyl (C=O) groups is 4. The lowest BCUT2D eigenvalue weighted by atomic mass is 10.0. The van der Waals surface area contributed by atoms with Gasteiger partial charge in [0.05, 0.1) is 5.51 Å². The van der Waals surface area contributed by atoms with E-state index >= 15 is 0 Å². The second kappa shape index (κ2) is 13.1. The number of fused-ring (bicyclic) bond motifs is 2. The molecule has 0 aliphatic carbocycles. The Morgan fingerprint density at radius 1 is 1.13 bits per heavy atom.